The summed E-state index contributed by atoms with van der Waals surface area (Å²) in [6.45, 7) is 6.90. The van der Waals surface area contributed by atoms with E-state index < -0.39 is 12.3 Å². The molecule has 0 saturated carbocycles. The molecule has 0 radical (unpaired) electrons. The van der Waals surface area contributed by atoms with E-state index in [0.717, 1.165) is 35.5 Å². The van der Waals surface area contributed by atoms with Crippen molar-refractivity contribution in [1.29, 1.82) is 0 Å². The van der Waals surface area contributed by atoms with E-state index in [4.69, 9.17) is 34.3 Å². The van der Waals surface area contributed by atoms with Crippen LogP contribution >= 0.6 is 29.5 Å². The SMILES string of the molecule is Cc1ccccc1N=CC=Nc1ccccc1C.[CH-]1CCCO1.[Cl][V]([Cl])[Cl]. The zero-order chi connectivity index (χ0) is 19.9. The van der Waals surface area contributed by atoms with Gasteiger partial charge in [-0.3, -0.25) is 9.98 Å². The monoisotopic (exact) mass is 463 g/mol. The second-order valence-corrected chi connectivity index (χ2v) is 12.4. The Morgan fingerprint density at radius 1 is 0.889 bits per heavy atom. The summed E-state index contributed by atoms with van der Waals surface area (Å²) in [5.41, 5.74) is 4.29. The van der Waals surface area contributed by atoms with Crippen LogP contribution in [0.25, 0.3) is 0 Å². The van der Waals surface area contributed by atoms with Crippen LogP contribution in [0.5, 0.6) is 0 Å². The van der Waals surface area contributed by atoms with Gasteiger partial charge in [-0.15, -0.1) is 0 Å². The van der Waals surface area contributed by atoms with Crippen molar-refractivity contribution in [2.75, 3.05) is 6.61 Å². The third-order valence-electron chi connectivity index (χ3n) is 3.43. The molecule has 1 saturated heterocycles. The number of ether oxygens (including phenoxy) is 1. The second-order valence-electron chi connectivity index (χ2n) is 5.50. The molecule has 1 heterocycles. The maximum atomic E-state index is 4.95. The van der Waals surface area contributed by atoms with E-state index in [-0.39, 0.29) is 0 Å². The van der Waals surface area contributed by atoms with Crippen LogP contribution < -0.4 is 0 Å². The summed E-state index contributed by atoms with van der Waals surface area (Å²) in [6.07, 6.45) is 5.84. The second kappa shape index (κ2) is 15.2. The van der Waals surface area contributed by atoms with Gasteiger partial charge in [0.25, 0.3) is 0 Å². The molecule has 0 atom stereocenters. The molecule has 27 heavy (non-hydrogen) atoms. The van der Waals surface area contributed by atoms with Crippen molar-refractivity contribution in [2.24, 2.45) is 9.98 Å². The summed E-state index contributed by atoms with van der Waals surface area (Å²) >= 11 is -1.77. The van der Waals surface area contributed by atoms with Crippen molar-refractivity contribution in [3.63, 3.8) is 0 Å². The minimum atomic E-state index is -1.77. The van der Waals surface area contributed by atoms with Crippen LogP contribution in [-0.2, 0) is 17.0 Å². The van der Waals surface area contributed by atoms with Gasteiger partial charge < -0.3 is 4.74 Å². The number of aliphatic imine (C=N–C) groups is 2. The summed E-state index contributed by atoms with van der Waals surface area (Å²) in [7, 11) is 14.9. The molecule has 3 nitrogen and oxygen atoms in total. The van der Waals surface area contributed by atoms with Gasteiger partial charge in [-0.05, 0) is 37.1 Å². The van der Waals surface area contributed by atoms with E-state index >= 15 is 0 Å². The third kappa shape index (κ3) is 12.3. The molecule has 0 amide bonds. The standard InChI is InChI=1S/C16H16N2.C4H7O.3ClH.V/c1-13-7-3-5-9-15(13)17-11-12-18-16-10-6-4-8-14(16)2;1-2-4-5-3-1;;;;/h3-12H,1-2H3;3H,1-2,4H2;3*1H;/q;-1;;;;+3/p-3. The molecule has 1 aliphatic heterocycles. The van der Waals surface area contributed by atoms with Crippen molar-refractivity contribution >= 4 is 53.3 Å². The van der Waals surface area contributed by atoms with Gasteiger partial charge in [-0.25, -0.2) is 6.61 Å². The number of para-hydroxylation sites is 2. The van der Waals surface area contributed by atoms with Crippen LogP contribution in [-0.4, -0.2) is 19.0 Å². The Morgan fingerprint density at radius 3 is 1.63 bits per heavy atom. The zero-order valence-corrected chi connectivity index (χ0v) is 19.0. The van der Waals surface area contributed by atoms with Crippen molar-refractivity contribution < 1.29 is 17.0 Å². The average molecular weight is 465 g/mol. The minimum absolute atomic E-state index is 0.944. The molecular formula is C20H23Cl3N2OV-. The van der Waals surface area contributed by atoms with E-state index in [1.165, 1.54) is 6.42 Å². The van der Waals surface area contributed by atoms with Crippen LogP contribution in [0.3, 0.4) is 0 Å². The molecule has 7 heteroatoms. The molecule has 3 rings (SSSR count). The number of benzene rings is 2. The van der Waals surface area contributed by atoms with Crippen molar-refractivity contribution in [3.8, 4) is 0 Å². The zero-order valence-electron chi connectivity index (χ0n) is 15.4. The van der Waals surface area contributed by atoms with E-state index in [1.807, 2.05) is 69.0 Å². The Hall–Kier alpha value is -0.806. The predicted octanol–water partition coefficient (Wildman–Crippen LogP) is 7.43. The molecule has 146 valence electrons. The maximum absolute atomic E-state index is 4.95. The van der Waals surface area contributed by atoms with Gasteiger partial charge in [-0.1, -0.05) is 42.8 Å². The number of rotatable bonds is 3. The fourth-order valence-corrected chi connectivity index (χ4v) is 2.06. The molecule has 0 bridgehead atoms. The molecule has 0 unspecified atom stereocenters. The topological polar surface area (TPSA) is 34.0 Å². The van der Waals surface area contributed by atoms with Gasteiger partial charge in [0, 0.05) is 19.0 Å². The van der Waals surface area contributed by atoms with Gasteiger partial charge in [0.1, 0.15) is 0 Å². The number of aryl methyl sites for hydroxylation is 2. The first-order chi connectivity index (χ1) is 13.0. The van der Waals surface area contributed by atoms with Crippen molar-refractivity contribution in [3.05, 3.63) is 66.3 Å². The van der Waals surface area contributed by atoms with E-state index in [2.05, 4.69) is 9.98 Å². The predicted molar refractivity (Wildman–Crippen MR) is 116 cm³/mol. The quantitative estimate of drug-likeness (QED) is 0.343. The van der Waals surface area contributed by atoms with Crippen LogP contribution in [0.2, 0.25) is 0 Å². The fourth-order valence-electron chi connectivity index (χ4n) is 2.06. The molecule has 0 aromatic heterocycles. The summed E-state index contributed by atoms with van der Waals surface area (Å²) < 4.78 is 4.82. The Labute approximate surface area is 179 Å². The first kappa shape index (κ1) is 24.2. The van der Waals surface area contributed by atoms with Crippen molar-refractivity contribution in [1.82, 2.24) is 0 Å². The van der Waals surface area contributed by atoms with E-state index in [1.54, 1.807) is 12.4 Å². The Bertz CT molecular complexity index is 656. The van der Waals surface area contributed by atoms with Gasteiger partial charge in [0.2, 0.25) is 0 Å². The summed E-state index contributed by atoms with van der Waals surface area (Å²) in [5.74, 6) is 0. The normalized spacial score (nSPS) is 13.4. The number of halogens is 3. The molecule has 2 aromatic rings. The molecule has 2 aromatic carbocycles. The van der Waals surface area contributed by atoms with E-state index in [9.17, 15) is 0 Å². The Morgan fingerprint density at radius 2 is 1.33 bits per heavy atom. The summed E-state index contributed by atoms with van der Waals surface area (Å²) in [6, 6.07) is 16.1. The molecular weight excluding hydrogens is 442 g/mol. The fraction of sp³-hybridized carbons (Fsp3) is 0.250. The molecule has 1 fully saturated rings. The van der Waals surface area contributed by atoms with Gasteiger partial charge in [0.05, 0.1) is 11.4 Å². The third-order valence-corrected chi connectivity index (χ3v) is 3.43. The number of hydrogen-bond donors (Lipinski definition) is 0. The summed E-state index contributed by atoms with van der Waals surface area (Å²) in [4.78, 5) is 8.75. The van der Waals surface area contributed by atoms with Crippen LogP contribution in [0.4, 0.5) is 11.4 Å². The number of hydrogen-bond acceptors (Lipinski definition) is 3. The average Bonchev–Trinajstić information content (AvgIpc) is 3.21. The number of nitrogens with zero attached hydrogens (tertiary/aromatic N) is 2. The van der Waals surface area contributed by atoms with E-state index in [0.29, 0.717) is 0 Å². The van der Waals surface area contributed by atoms with Gasteiger partial charge in [-0.2, -0.15) is 6.42 Å². The molecule has 0 spiro atoms. The molecule has 0 aliphatic carbocycles. The van der Waals surface area contributed by atoms with Crippen molar-refractivity contribution in [2.45, 2.75) is 26.7 Å². The Kier molecular flexibility index (Phi) is 13.6. The van der Waals surface area contributed by atoms with Gasteiger partial charge in [0.15, 0.2) is 0 Å². The van der Waals surface area contributed by atoms with Crippen LogP contribution in [0.15, 0.2) is 58.5 Å². The van der Waals surface area contributed by atoms with Gasteiger partial charge >= 0.3 is 41.8 Å². The van der Waals surface area contributed by atoms with Crippen LogP contribution in [0, 0.1) is 20.5 Å². The molecule has 0 N–H and O–H groups in total. The van der Waals surface area contributed by atoms with Crippen LogP contribution in [0.1, 0.15) is 24.0 Å². The molecule has 1 aliphatic rings. The Balaban J connectivity index is 0.000000333. The first-order valence-corrected chi connectivity index (χ1v) is 14.2. The first-order valence-electron chi connectivity index (χ1n) is 8.39. The summed E-state index contributed by atoms with van der Waals surface area (Å²) in [5, 5.41) is 0.